The van der Waals surface area contributed by atoms with Crippen LogP contribution in [0, 0.1) is 0 Å². The summed E-state index contributed by atoms with van der Waals surface area (Å²) in [4.78, 5) is 49.1. The fourth-order valence-electron chi connectivity index (χ4n) is 3.13. The number of hydrogen-bond acceptors (Lipinski definition) is 13. The Kier molecular flexibility index (Phi) is 12.0. The van der Waals surface area contributed by atoms with Gasteiger partial charge in [0, 0.05) is 31.4 Å². The summed E-state index contributed by atoms with van der Waals surface area (Å²) in [5, 5.41) is 33.9. The van der Waals surface area contributed by atoms with E-state index in [4.69, 9.17) is 15.6 Å². The third-order valence-electron chi connectivity index (χ3n) is 4.75. The number of fused-ring (bicyclic) bond motifs is 1. The van der Waals surface area contributed by atoms with Gasteiger partial charge in [0.1, 0.15) is 11.4 Å². The molecule has 0 saturated carbocycles. The van der Waals surface area contributed by atoms with E-state index in [0.29, 0.717) is 10.7 Å². The summed E-state index contributed by atoms with van der Waals surface area (Å²) in [5.41, 5.74) is 3.84. The van der Waals surface area contributed by atoms with Gasteiger partial charge < -0.3 is 36.3 Å². The monoisotopic (exact) mass is 559 g/mol. The Balaban J connectivity index is 0.00000306. The minimum absolute atomic E-state index is 0. The molecule has 0 bridgehead atoms. The number of thioether (sulfide) groups is 3. The molecule has 2 amide bonds. The van der Waals surface area contributed by atoms with Crippen LogP contribution < -0.4 is 45.7 Å². The maximum absolute atomic E-state index is 13.0. The average molecular weight is 560 g/mol. The molecule has 2 aliphatic rings. The average Bonchev–Trinajstić information content (AvgIpc) is 3.19. The van der Waals surface area contributed by atoms with Gasteiger partial charge in [-0.25, -0.2) is 4.68 Å². The largest absolute Gasteiger partial charge is 1.00 e. The molecule has 1 saturated heterocycles. The quantitative estimate of drug-likeness (QED) is 0.0988. The fourth-order valence-corrected chi connectivity index (χ4v) is 6.33. The Bertz CT molecular complexity index is 1010. The van der Waals surface area contributed by atoms with Crippen LogP contribution in [-0.4, -0.2) is 107 Å². The number of β-lactam (4-membered cyclic amide) rings is 1. The summed E-state index contributed by atoms with van der Waals surface area (Å²) in [6, 6.07) is -1.13. The maximum Gasteiger partial charge on any atom is 1.00 e. The van der Waals surface area contributed by atoms with E-state index in [0.717, 1.165) is 16.7 Å². The second-order valence-corrected chi connectivity index (χ2v) is 9.94. The van der Waals surface area contributed by atoms with Crippen molar-refractivity contribution < 1.29 is 69.2 Å². The molecule has 35 heavy (non-hydrogen) atoms. The number of nitrogens with one attached hydrogen (secondary N) is 1. The topological polar surface area (TPSA) is 237 Å². The number of methoxy groups -OCH3 is 1. The van der Waals surface area contributed by atoms with Crippen LogP contribution in [0.5, 0.6) is 0 Å². The molecule has 19 heteroatoms. The van der Waals surface area contributed by atoms with Gasteiger partial charge in [0.2, 0.25) is 11.1 Å². The third-order valence-corrected chi connectivity index (χ3v) is 8.29. The van der Waals surface area contributed by atoms with Crippen molar-refractivity contribution in [2.75, 3.05) is 30.1 Å². The van der Waals surface area contributed by atoms with E-state index in [2.05, 4.69) is 20.8 Å². The molecule has 3 rings (SSSR count). The molecule has 1 aromatic heterocycles. The number of nitrogens with two attached hydrogens (primary N) is 1. The van der Waals surface area contributed by atoms with Crippen LogP contribution in [0.2, 0.25) is 0 Å². The molecule has 15 nitrogen and oxygen atoms in total. The number of ether oxygens (including phenoxy) is 1. The van der Waals surface area contributed by atoms with Crippen LogP contribution in [0.3, 0.4) is 0 Å². The van der Waals surface area contributed by atoms with E-state index in [1.165, 1.54) is 35.3 Å². The van der Waals surface area contributed by atoms with Crippen LogP contribution in [0.4, 0.5) is 0 Å². The molecule has 3 atom stereocenters. The number of amides is 2. The van der Waals surface area contributed by atoms with E-state index in [1.54, 1.807) is 7.05 Å². The van der Waals surface area contributed by atoms with Crippen molar-refractivity contribution in [1.29, 1.82) is 0 Å². The van der Waals surface area contributed by atoms with Crippen LogP contribution >= 0.6 is 35.3 Å². The first kappa shape index (κ1) is 31.6. The van der Waals surface area contributed by atoms with E-state index < -0.39 is 40.9 Å². The van der Waals surface area contributed by atoms with Crippen molar-refractivity contribution in [1.82, 2.24) is 30.4 Å². The van der Waals surface area contributed by atoms with Gasteiger partial charge in [0.25, 0.3) is 11.6 Å². The maximum atomic E-state index is 13.0. The Morgan fingerprint density at radius 1 is 1.46 bits per heavy atom. The fraction of sp³-hybridized carbons (Fsp3) is 0.562. The summed E-state index contributed by atoms with van der Waals surface area (Å²) in [5.74, 6) is -3.73. The minimum Gasteiger partial charge on any atom is -0.543 e. The van der Waals surface area contributed by atoms with E-state index in [1.807, 2.05) is 0 Å². The summed E-state index contributed by atoms with van der Waals surface area (Å²) in [6.07, 6.45) is 0. The molecule has 188 valence electrons. The molecule has 2 aliphatic heterocycles. The number of hydrogen-bond donors (Lipinski definition) is 3. The second kappa shape index (κ2) is 13.2. The van der Waals surface area contributed by atoms with E-state index in [-0.39, 0.29) is 63.7 Å². The first-order valence-electron chi connectivity index (χ1n) is 9.28. The van der Waals surface area contributed by atoms with Crippen molar-refractivity contribution >= 4 is 59.0 Å². The number of aromatic nitrogens is 4. The van der Waals surface area contributed by atoms with Gasteiger partial charge in [-0.05, 0) is 16.0 Å². The Labute approximate surface area is 233 Å². The SMILES string of the molecule is COC1(NC(=O)CSCC(N)C(=O)O)C(=O)N2C(C(=O)[O-])=C(CSc3nnnn3C)CSC21.O.[Na+]. The number of carboxylic acid groups (broad SMARTS) is 2. The summed E-state index contributed by atoms with van der Waals surface area (Å²) < 4.78 is 6.78. The Morgan fingerprint density at radius 2 is 2.14 bits per heavy atom. The number of carbonyl (C=O) groups is 4. The molecule has 0 spiro atoms. The van der Waals surface area contributed by atoms with E-state index >= 15 is 0 Å². The Hall–Kier alpha value is -1.38. The summed E-state index contributed by atoms with van der Waals surface area (Å²) >= 11 is 3.43. The normalized spacial score (nSPS) is 21.7. The molecule has 6 N–H and O–H groups in total. The number of nitrogens with zero attached hydrogens (tertiary/aromatic N) is 5. The zero-order chi connectivity index (χ0) is 24.3. The smallest absolute Gasteiger partial charge is 0.543 e. The standard InChI is InChI=1S/C16H21N7O7S3.Na.H2O/c1-22-15(19-20-21-22)33-4-7-3-32-14-16(30-2,13(29)23(14)10(7)12(27)28)18-9(24)6-31-5-8(17)11(25)26;;/h8,14H,3-6,17H2,1-2H3,(H,18,24)(H,25,26)(H,27,28);;1H2/q;+1;/p-1. The first-order chi connectivity index (χ1) is 15.6. The molecule has 0 radical (unpaired) electrons. The van der Waals surface area contributed by atoms with Crippen LogP contribution in [0.1, 0.15) is 0 Å². The number of aliphatic carboxylic acids is 2. The van der Waals surface area contributed by atoms with Crippen LogP contribution in [0.15, 0.2) is 16.4 Å². The van der Waals surface area contributed by atoms with Crippen molar-refractivity contribution in [3.8, 4) is 0 Å². The number of aryl methyl sites for hydroxylation is 1. The van der Waals surface area contributed by atoms with Crippen LogP contribution in [-0.2, 0) is 31.0 Å². The van der Waals surface area contributed by atoms with Gasteiger partial charge in [-0.1, -0.05) is 11.8 Å². The van der Waals surface area contributed by atoms with Crippen molar-refractivity contribution in [3.05, 3.63) is 11.3 Å². The molecule has 0 aliphatic carbocycles. The number of carboxylic acids is 2. The zero-order valence-corrected chi connectivity index (χ0v) is 23.4. The number of tetrazole rings is 1. The predicted molar refractivity (Wildman–Crippen MR) is 119 cm³/mol. The Morgan fingerprint density at radius 3 is 2.69 bits per heavy atom. The summed E-state index contributed by atoms with van der Waals surface area (Å²) in [6.45, 7) is 0. The van der Waals surface area contributed by atoms with Gasteiger partial charge in [-0.15, -0.1) is 28.6 Å². The van der Waals surface area contributed by atoms with Crippen LogP contribution in [0.25, 0.3) is 0 Å². The van der Waals surface area contributed by atoms with Gasteiger partial charge in [-0.3, -0.25) is 19.3 Å². The molecule has 3 unspecified atom stereocenters. The molecule has 3 heterocycles. The zero-order valence-electron chi connectivity index (χ0n) is 18.9. The van der Waals surface area contributed by atoms with Gasteiger partial charge in [0.15, 0.2) is 0 Å². The number of carbonyl (C=O) groups excluding carboxylic acids is 3. The summed E-state index contributed by atoms with van der Waals surface area (Å²) in [7, 11) is 2.88. The number of rotatable bonds is 11. The predicted octanol–water partition coefficient (Wildman–Crippen LogP) is -7.00. The van der Waals surface area contributed by atoms with Gasteiger partial charge in [-0.2, -0.15) is 0 Å². The second-order valence-electron chi connectivity index (χ2n) is 6.90. The molecular formula is C16H22N7NaO8S3. The molecule has 1 fully saturated rings. The third kappa shape index (κ3) is 6.50. The van der Waals surface area contributed by atoms with Crippen molar-refractivity contribution in [2.45, 2.75) is 22.3 Å². The van der Waals surface area contributed by atoms with Crippen molar-refractivity contribution in [2.24, 2.45) is 12.8 Å². The first-order valence-corrected chi connectivity index (χ1v) is 12.5. The molecular weight excluding hydrogens is 537 g/mol. The minimum atomic E-state index is -1.75. The van der Waals surface area contributed by atoms with Crippen molar-refractivity contribution in [3.63, 3.8) is 0 Å². The van der Waals surface area contributed by atoms with Gasteiger partial charge >= 0.3 is 35.5 Å². The molecule has 1 aromatic rings. The van der Waals surface area contributed by atoms with Gasteiger partial charge in [0.05, 0.1) is 17.4 Å². The molecule has 0 aromatic carbocycles. The van der Waals surface area contributed by atoms with E-state index in [9.17, 15) is 24.3 Å².